The Bertz CT molecular complexity index is 209. The van der Waals surface area contributed by atoms with Crippen LogP contribution in [0.4, 0.5) is 5.82 Å². The second-order valence-electron chi connectivity index (χ2n) is 2.14. The van der Waals surface area contributed by atoms with Gasteiger partial charge in [-0.25, -0.2) is 0 Å². The fourth-order valence-corrected chi connectivity index (χ4v) is 1.12. The zero-order valence-corrected chi connectivity index (χ0v) is 7.79. The van der Waals surface area contributed by atoms with Crippen LogP contribution in [0.5, 0.6) is 0 Å². The number of aromatic nitrogens is 1. The fraction of sp³-hybridized carbons (Fsp3) is 0.167. The van der Waals surface area contributed by atoms with Gasteiger partial charge in [-0.05, 0) is 29.5 Å². The molecule has 4 heteroatoms. The normalized spacial score (nSPS) is 9.80. The molecule has 1 heterocycles. The van der Waals surface area contributed by atoms with Crippen molar-refractivity contribution >= 4 is 28.4 Å². The van der Waals surface area contributed by atoms with Gasteiger partial charge in [-0.2, -0.15) is 0 Å². The van der Waals surface area contributed by atoms with Gasteiger partial charge in [0.2, 0.25) is 0 Å². The van der Waals surface area contributed by atoms with Gasteiger partial charge in [-0.15, -0.1) is 4.68 Å². The highest BCUT2D eigenvalue weighted by atomic mass is 127. The molecule has 10 heavy (non-hydrogen) atoms. The summed E-state index contributed by atoms with van der Waals surface area (Å²) in [4.78, 5) is 0. The molecule has 4 N–H and O–H groups in total. The van der Waals surface area contributed by atoms with E-state index in [1.165, 1.54) is 4.68 Å². The molecule has 0 spiro atoms. The summed E-state index contributed by atoms with van der Waals surface area (Å²) in [5.41, 5.74) is 6.66. The molecular formula is C6H9IN3+. The number of hydrogen-bond acceptors (Lipinski definition) is 2. The van der Waals surface area contributed by atoms with E-state index in [-0.39, 0.29) is 0 Å². The third-order valence-electron chi connectivity index (χ3n) is 1.28. The van der Waals surface area contributed by atoms with E-state index in [1.807, 2.05) is 13.0 Å². The minimum Gasteiger partial charge on any atom is -0.285 e. The number of pyridine rings is 1. The molecule has 0 aromatic carbocycles. The van der Waals surface area contributed by atoms with Crippen LogP contribution in [0.1, 0.15) is 5.56 Å². The summed E-state index contributed by atoms with van der Waals surface area (Å²) >= 11 is 2.22. The van der Waals surface area contributed by atoms with Gasteiger partial charge in [0.25, 0.3) is 5.82 Å². The van der Waals surface area contributed by atoms with Crippen LogP contribution < -0.4 is 16.3 Å². The predicted molar refractivity (Wildman–Crippen MR) is 48.7 cm³/mol. The average molecular weight is 250 g/mol. The lowest BCUT2D eigenvalue weighted by molar-refractivity contribution is -0.624. The van der Waals surface area contributed by atoms with E-state index in [0.717, 1.165) is 9.13 Å². The first-order chi connectivity index (χ1) is 4.61. The number of anilines is 1. The van der Waals surface area contributed by atoms with Gasteiger partial charge in [0, 0.05) is 15.2 Å². The van der Waals surface area contributed by atoms with Gasteiger partial charge < -0.3 is 0 Å². The Morgan fingerprint density at radius 1 is 1.60 bits per heavy atom. The highest BCUT2D eigenvalue weighted by Gasteiger charge is 2.03. The van der Waals surface area contributed by atoms with E-state index in [2.05, 4.69) is 22.6 Å². The number of halogens is 1. The van der Waals surface area contributed by atoms with E-state index < -0.39 is 0 Å². The number of rotatable bonds is 0. The van der Waals surface area contributed by atoms with Crippen molar-refractivity contribution in [3.05, 3.63) is 21.4 Å². The SMILES string of the molecule is Cc1c[n+](N)c(N)cc1I. The molecule has 0 aliphatic heterocycles. The van der Waals surface area contributed by atoms with Crippen molar-refractivity contribution in [2.24, 2.45) is 0 Å². The maximum Gasteiger partial charge on any atom is 0.296 e. The summed E-state index contributed by atoms with van der Waals surface area (Å²) in [6.07, 6.45) is 1.80. The minimum atomic E-state index is 0.579. The maximum atomic E-state index is 5.52. The molecule has 0 unspecified atom stereocenters. The molecule has 3 nitrogen and oxygen atoms in total. The van der Waals surface area contributed by atoms with Crippen molar-refractivity contribution in [2.45, 2.75) is 6.92 Å². The first kappa shape index (κ1) is 7.59. The molecule has 0 atom stereocenters. The highest BCUT2D eigenvalue weighted by molar-refractivity contribution is 14.1. The van der Waals surface area contributed by atoms with Crippen molar-refractivity contribution in [1.82, 2.24) is 0 Å². The van der Waals surface area contributed by atoms with Gasteiger partial charge in [0.05, 0.1) is 0 Å². The topological polar surface area (TPSA) is 55.9 Å². The van der Waals surface area contributed by atoms with Gasteiger partial charge >= 0.3 is 0 Å². The number of aryl methyl sites for hydroxylation is 1. The second kappa shape index (κ2) is 2.61. The average Bonchev–Trinajstić information content (AvgIpc) is 1.84. The van der Waals surface area contributed by atoms with Crippen molar-refractivity contribution in [1.29, 1.82) is 0 Å². The first-order valence-corrected chi connectivity index (χ1v) is 3.91. The Morgan fingerprint density at radius 2 is 2.20 bits per heavy atom. The first-order valence-electron chi connectivity index (χ1n) is 2.83. The molecular weight excluding hydrogens is 241 g/mol. The van der Waals surface area contributed by atoms with Crippen molar-refractivity contribution < 1.29 is 4.68 Å². The predicted octanol–water partition coefficient (Wildman–Crippen LogP) is 0.183. The molecule has 0 bridgehead atoms. The molecule has 1 aromatic rings. The second-order valence-corrected chi connectivity index (χ2v) is 3.30. The molecule has 1 rings (SSSR count). The molecule has 1 aromatic heterocycles. The van der Waals surface area contributed by atoms with Crippen LogP contribution in [0.25, 0.3) is 0 Å². The zero-order chi connectivity index (χ0) is 7.72. The van der Waals surface area contributed by atoms with Crippen LogP contribution in [-0.4, -0.2) is 0 Å². The van der Waals surface area contributed by atoms with Crippen LogP contribution in [0.2, 0.25) is 0 Å². The number of nitrogen functional groups attached to an aromatic ring is 2. The third kappa shape index (κ3) is 1.31. The summed E-state index contributed by atoms with van der Waals surface area (Å²) in [6, 6.07) is 1.84. The number of nitrogens with two attached hydrogens (primary N) is 2. The van der Waals surface area contributed by atoms with E-state index in [0.29, 0.717) is 5.82 Å². The number of hydrogen-bond donors (Lipinski definition) is 2. The summed E-state index contributed by atoms with van der Waals surface area (Å²) in [7, 11) is 0. The lowest BCUT2D eigenvalue weighted by atomic mass is 10.3. The fourth-order valence-electron chi connectivity index (χ4n) is 0.663. The van der Waals surface area contributed by atoms with E-state index >= 15 is 0 Å². The summed E-state index contributed by atoms with van der Waals surface area (Å²) in [5, 5.41) is 0. The lowest BCUT2D eigenvalue weighted by Crippen LogP contribution is -2.47. The van der Waals surface area contributed by atoms with Crippen molar-refractivity contribution in [2.75, 3.05) is 11.6 Å². The van der Waals surface area contributed by atoms with Gasteiger partial charge in [0.1, 0.15) is 6.20 Å². The molecule has 54 valence electrons. The van der Waals surface area contributed by atoms with Crippen LogP contribution in [0.15, 0.2) is 12.3 Å². The number of nitrogens with zero attached hydrogens (tertiary/aromatic N) is 1. The molecule has 0 aliphatic carbocycles. The molecule has 0 saturated carbocycles. The molecule has 0 aliphatic rings. The molecule has 0 amide bonds. The minimum absolute atomic E-state index is 0.579. The smallest absolute Gasteiger partial charge is 0.285 e. The van der Waals surface area contributed by atoms with E-state index in [9.17, 15) is 0 Å². The lowest BCUT2D eigenvalue weighted by Gasteiger charge is -1.98. The Morgan fingerprint density at radius 3 is 2.70 bits per heavy atom. The van der Waals surface area contributed by atoms with E-state index in [4.69, 9.17) is 11.6 Å². The largest absolute Gasteiger partial charge is 0.296 e. The summed E-state index contributed by atoms with van der Waals surface area (Å²) < 4.78 is 2.55. The monoisotopic (exact) mass is 250 g/mol. The van der Waals surface area contributed by atoms with Crippen LogP contribution >= 0.6 is 22.6 Å². The van der Waals surface area contributed by atoms with Crippen molar-refractivity contribution in [3.63, 3.8) is 0 Å². The summed E-state index contributed by atoms with van der Waals surface area (Å²) in [6.45, 7) is 1.99. The van der Waals surface area contributed by atoms with Crippen molar-refractivity contribution in [3.8, 4) is 0 Å². The van der Waals surface area contributed by atoms with Crippen LogP contribution in [0, 0.1) is 10.5 Å². The van der Waals surface area contributed by atoms with Crippen LogP contribution in [0.3, 0.4) is 0 Å². The Hall–Kier alpha value is -0.520. The Balaban J connectivity index is 3.28. The third-order valence-corrected chi connectivity index (χ3v) is 2.44. The zero-order valence-electron chi connectivity index (χ0n) is 5.63. The molecule has 0 radical (unpaired) electrons. The highest BCUT2D eigenvalue weighted by Crippen LogP contribution is 2.09. The molecule has 0 fully saturated rings. The Labute approximate surface area is 73.1 Å². The standard InChI is InChI=1S/C6H8IN3/c1-4-3-10(9)6(8)2-5(4)7/h2-3,8H,9H2,1H3/p+1. The summed E-state index contributed by atoms with van der Waals surface area (Å²) in [5.74, 6) is 6.06. The quantitative estimate of drug-likeness (QED) is 0.392. The van der Waals surface area contributed by atoms with Gasteiger partial charge in [-0.1, -0.05) is 0 Å². The van der Waals surface area contributed by atoms with Gasteiger partial charge in [-0.3, -0.25) is 11.6 Å². The van der Waals surface area contributed by atoms with Crippen LogP contribution in [-0.2, 0) is 0 Å². The van der Waals surface area contributed by atoms with E-state index in [1.54, 1.807) is 6.20 Å². The molecule has 0 saturated heterocycles. The Kier molecular flexibility index (Phi) is 1.98. The van der Waals surface area contributed by atoms with Gasteiger partial charge in [0.15, 0.2) is 0 Å². The maximum absolute atomic E-state index is 5.52.